The molecular weight excluding hydrogens is 650 g/mol. The molecule has 1 unspecified atom stereocenters. The predicted octanol–water partition coefficient (Wildman–Crippen LogP) is 4.44. The molecule has 5 aromatic rings. The van der Waals surface area contributed by atoms with Crippen LogP contribution < -0.4 is 5.32 Å². The number of hydrogen-bond acceptors (Lipinski definition) is 12. The number of aliphatic hydroxyl groups is 1. The van der Waals surface area contributed by atoms with Crippen molar-refractivity contribution < 1.29 is 38.8 Å². The number of aliphatic hydroxyl groups excluding tert-OH is 1. The minimum Gasteiger partial charge on any atom is -0.508 e. The Balaban J connectivity index is 1.03. The lowest BCUT2D eigenvalue weighted by Crippen LogP contribution is -2.31. The molecule has 13 nitrogen and oxygen atoms in total. The molecule has 1 saturated heterocycles. The predicted molar refractivity (Wildman–Crippen MR) is 174 cm³/mol. The van der Waals surface area contributed by atoms with Gasteiger partial charge in [-0.3, -0.25) is 4.79 Å². The van der Waals surface area contributed by atoms with Gasteiger partial charge >= 0.3 is 11.9 Å². The molecule has 0 radical (unpaired) electrons. The first-order chi connectivity index (χ1) is 23.8. The van der Waals surface area contributed by atoms with E-state index in [0.717, 1.165) is 22.3 Å². The molecule has 3 heterocycles. The number of aromatic hydroxyl groups is 1. The summed E-state index contributed by atoms with van der Waals surface area (Å²) in [5.41, 5.74) is 4.54. The summed E-state index contributed by atoms with van der Waals surface area (Å²) in [7, 11) is 0. The van der Waals surface area contributed by atoms with Crippen LogP contribution in [0.5, 0.6) is 5.75 Å². The van der Waals surface area contributed by atoms with Crippen molar-refractivity contribution in [3.05, 3.63) is 130 Å². The van der Waals surface area contributed by atoms with Gasteiger partial charge in [-0.05, 0) is 69.6 Å². The molecule has 2 aliphatic heterocycles. The van der Waals surface area contributed by atoms with Gasteiger partial charge in [0.05, 0.1) is 35.6 Å². The largest absolute Gasteiger partial charge is 0.508 e. The number of phenols is 1. The quantitative estimate of drug-likeness (QED) is 0.108. The van der Waals surface area contributed by atoms with Gasteiger partial charge in [0, 0.05) is 29.8 Å². The number of thioether (sulfide) groups is 1. The lowest BCUT2D eigenvalue weighted by Gasteiger charge is -2.36. The average Bonchev–Trinajstić information content (AvgIpc) is 3.73. The van der Waals surface area contributed by atoms with Gasteiger partial charge in [-0.25, -0.2) is 9.59 Å². The highest BCUT2D eigenvalue weighted by molar-refractivity contribution is 7.99. The molecule has 3 N–H and O–H groups in total. The zero-order chi connectivity index (χ0) is 33.9. The zero-order valence-electron chi connectivity index (χ0n) is 25.8. The lowest BCUT2D eigenvalue weighted by molar-refractivity contribution is -0.245. The van der Waals surface area contributed by atoms with Crippen molar-refractivity contribution in [3.8, 4) is 11.4 Å². The van der Waals surface area contributed by atoms with E-state index in [4.69, 9.17) is 9.47 Å². The van der Waals surface area contributed by atoms with Crippen LogP contribution in [0.4, 0.5) is 0 Å². The number of fused-ring (bicyclic) bond motifs is 1. The Hall–Kier alpha value is -5.41. The van der Waals surface area contributed by atoms with Crippen LogP contribution in [0.3, 0.4) is 0 Å². The number of tetrazole rings is 1. The zero-order valence-corrected chi connectivity index (χ0v) is 26.6. The van der Waals surface area contributed by atoms with Gasteiger partial charge in [-0.2, -0.15) is 4.68 Å². The Kier molecular flexibility index (Phi) is 9.17. The van der Waals surface area contributed by atoms with Crippen LogP contribution in [0.25, 0.3) is 5.69 Å². The molecule has 1 fully saturated rings. The van der Waals surface area contributed by atoms with Crippen molar-refractivity contribution in [2.24, 2.45) is 0 Å². The van der Waals surface area contributed by atoms with E-state index >= 15 is 0 Å². The first-order valence-electron chi connectivity index (χ1n) is 15.3. The number of aromatic nitrogens is 4. The maximum Gasteiger partial charge on any atom is 0.346 e. The maximum absolute atomic E-state index is 12.8. The Morgan fingerprint density at radius 2 is 1.59 bits per heavy atom. The van der Waals surface area contributed by atoms with E-state index in [0.29, 0.717) is 23.0 Å². The summed E-state index contributed by atoms with van der Waals surface area (Å²) in [4.78, 5) is 36.4. The van der Waals surface area contributed by atoms with E-state index in [1.807, 2.05) is 48.5 Å². The van der Waals surface area contributed by atoms with Gasteiger partial charge in [-0.15, -0.1) is 5.10 Å². The summed E-state index contributed by atoms with van der Waals surface area (Å²) in [6, 6.07) is 26.0. The molecule has 2 aliphatic rings. The Bertz CT molecular complexity index is 2000. The van der Waals surface area contributed by atoms with Crippen molar-refractivity contribution >= 4 is 29.6 Å². The van der Waals surface area contributed by atoms with Gasteiger partial charge in [-0.1, -0.05) is 60.3 Å². The third-order valence-electron chi connectivity index (χ3n) is 8.16. The Morgan fingerprint density at radius 3 is 2.35 bits per heavy atom. The van der Waals surface area contributed by atoms with Crippen LogP contribution in [-0.2, 0) is 27.4 Å². The van der Waals surface area contributed by atoms with Crippen LogP contribution in [0.1, 0.15) is 72.1 Å². The van der Waals surface area contributed by atoms with Gasteiger partial charge in [0.25, 0.3) is 5.91 Å². The van der Waals surface area contributed by atoms with Gasteiger partial charge in [0.15, 0.2) is 6.29 Å². The maximum atomic E-state index is 12.8. The third-order valence-corrected chi connectivity index (χ3v) is 9.21. The fraction of sp³-hybridized carbons (Fsp3) is 0.200. The number of rotatable bonds is 10. The van der Waals surface area contributed by atoms with Crippen molar-refractivity contribution in [2.75, 3.05) is 5.75 Å². The van der Waals surface area contributed by atoms with Crippen LogP contribution in [0, 0.1) is 0 Å². The summed E-state index contributed by atoms with van der Waals surface area (Å²) < 4.78 is 19.1. The monoisotopic (exact) mass is 679 g/mol. The van der Waals surface area contributed by atoms with E-state index in [9.17, 15) is 24.6 Å². The van der Waals surface area contributed by atoms with E-state index < -0.39 is 24.1 Å². The first kappa shape index (κ1) is 32.2. The fourth-order valence-corrected chi connectivity index (χ4v) is 6.43. The summed E-state index contributed by atoms with van der Waals surface area (Å²) in [5, 5.41) is 34.7. The summed E-state index contributed by atoms with van der Waals surface area (Å²) in [6.45, 7) is 0.170. The van der Waals surface area contributed by atoms with Crippen LogP contribution in [0.2, 0.25) is 0 Å². The summed E-state index contributed by atoms with van der Waals surface area (Å²) in [5.74, 6) is -1.21. The fourth-order valence-electron chi connectivity index (χ4n) is 5.52. The molecule has 0 spiro atoms. The molecule has 248 valence electrons. The molecule has 1 amide bonds. The summed E-state index contributed by atoms with van der Waals surface area (Å²) in [6.07, 6.45) is -0.645. The number of hydrogen-bond donors (Lipinski definition) is 3. The first-order valence-corrected chi connectivity index (χ1v) is 16.3. The molecule has 0 bridgehead atoms. The second-order valence-electron chi connectivity index (χ2n) is 11.4. The number of carbonyl (C=O) groups is 3. The van der Waals surface area contributed by atoms with E-state index in [1.165, 1.54) is 30.0 Å². The average molecular weight is 680 g/mol. The van der Waals surface area contributed by atoms with Crippen LogP contribution in [-0.4, -0.2) is 60.1 Å². The molecule has 14 heteroatoms. The highest BCUT2D eigenvalue weighted by Gasteiger charge is 2.33. The number of ether oxygens (including phenoxy) is 3. The molecule has 7 rings (SSSR count). The highest BCUT2D eigenvalue weighted by atomic mass is 32.2. The second-order valence-corrected chi connectivity index (χ2v) is 12.4. The van der Waals surface area contributed by atoms with Gasteiger partial charge < -0.3 is 29.7 Å². The number of benzene rings is 4. The topological polar surface area (TPSA) is 175 Å². The third kappa shape index (κ3) is 7.07. The number of carbonyl (C=O) groups excluding carboxylic acids is 3. The number of cyclic esters (lactones) is 2. The van der Waals surface area contributed by atoms with Gasteiger partial charge in [0.1, 0.15) is 5.75 Å². The number of amides is 1. The lowest BCUT2D eigenvalue weighted by atomic mass is 10.0. The Morgan fingerprint density at radius 1 is 0.878 bits per heavy atom. The van der Waals surface area contributed by atoms with Crippen LogP contribution in [0.15, 0.2) is 96.2 Å². The van der Waals surface area contributed by atoms with E-state index in [1.54, 1.807) is 28.9 Å². The molecule has 0 aliphatic carbocycles. The molecule has 3 atom stereocenters. The van der Waals surface area contributed by atoms with Crippen molar-refractivity contribution in [1.82, 2.24) is 25.5 Å². The van der Waals surface area contributed by atoms with Crippen molar-refractivity contribution in [1.29, 1.82) is 0 Å². The Labute approximate surface area is 283 Å². The van der Waals surface area contributed by atoms with Gasteiger partial charge in [0.2, 0.25) is 5.16 Å². The van der Waals surface area contributed by atoms with Crippen LogP contribution >= 0.6 is 11.8 Å². The summed E-state index contributed by atoms with van der Waals surface area (Å²) >= 11 is 1.44. The molecule has 4 aromatic carbocycles. The molecule has 1 aromatic heterocycles. The van der Waals surface area contributed by atoms with Crippen molar-refractivity contribution in [2.45, 2.75) is 43.2 Å². The smallest absolute Gasteiger partial charge is 0.346 e. The van der Waals surface area contributed by atoms with Crippen molar-refractivity contribution in [3.63, 3.8) is 0 Å². The molecule has 49 heavy (non-hydrogen) atoms. The molecule has 0 saturated carbocycles. The second kappa shape index (κ2) is 14.0. The normalized spacial score (nSPS) is 18.6. The standard InChI is InChI=1S/C35H29N5O8S/c41-18-21-3-5-22(6-4-21)30-16-27(19-49-35-37-38-39-40(35)25-10-12-26(42)13-11-25)46-34(47-30)23-7-1-20(2-8-23)17-36-31(43)24-9-14-28-29(15-24)33(45)48-32(28)44/h1-15,27,30,34,41-42H,16-19H2,(H,36,43)/t27-,30+,34?/m0/s1. The number of phenolic OH excluding ortho intramolecular Hbond substituents is 1. The van der Waals surface area contributed by atoms with E-state index in [2.05, 4.69) is 25.6 Å². The van der Waals surface area contributed by atoms with E-state index in [-0.39, 0.29) is 47.8 Å². The molecular formula is C35H29N5O8S. The SMILES string of the molecule is O=C(NCc1ccc(C2O[C@H](CSc3nnnn3-c3ccc(O)cc3)C[C@H](c3ccc(CO)cc3)O2)cc1)c1ccc2c(c1)C(=O)OC2=O. The minimum atomic E-state index is -0.767. The number of nitrogens with zero attached hydrogens (tertiary/aromatic N) is 4. The highest BCUT2D eigenvalue weighted by Crippen LogP contribution is 2.39. The minimum absolute atomic E-state index is 0.0533. The number of esters is 2. The number of nitrogens with one attached hydrogen (secondary N) is 1.